The van der Waals surface area contributed by atoms with Gasteiger partial charge in [-0.25, -0.2) is 12.8 Å². The third-order valence-electron chi connectivity index (χ3n) is 4.82. The SMILES string of the molecule is CN(C(=O)c1ccc(F)c(NS(C)(=O)=O)c1)C1CC2CCC(C1)N2. The smallest absolute Gasteiger partial charge is 0.253 e. The summed E-state index contributed by atoms with van der Waals surface area (Å²) in [5.74, 6) is -0.933. The second kappa shape index (κ2) is 6.33. The van der Waals surface area contributed by atoms with Gasteiger partial charge in [0.05, 0.1) is 11.9 Å². The Morgan fingerprint density at radius 3 is 2.50 bits per heavy atom. The molecule has 2 aliphatic rings. The lowest BCUT2D eigenvalue weighted by atomic mass is 9.98. The summed E-state index contributed by atoms with van der Waals surface area (Å²) in [5, 5.41) is 3.53. The van der Waals surface area contributed by atoms with Gasteiger partial charge in [0.25, 0.3) is 5.91 Å². The molecule has 0 radical (unpaired) electrons. The van der Waals surface area contributed by atoms with Gasteiger partial charge in [0.15, 0.2) is 0 Å². The van der Waals surface area contributed by atoms with Gasteiger partial charge in [-0.15, -0.1) is 0 Å². The molecule has 2 bridgehead atoms. The van der Waals surface area contributed by atoms with E-state index in [0.717, 1.165) is 38.0 Å². The maximum atomic E-state index is 13.8. The normalized spacial score (nSPS) is 26.2. The third kappa shape index (κ3) is 3.70. The Hall–Kier alpha value is -1.67. The molecule has 2 saturated heterocycles. The highest BCUT2D eigenvalue weighted by molar-refractivity contribution is 7.92. The van der Waals surface area contributed by atoms with Crippen LogP contribution in [0.2, 0.25) is 0 Å². The quantitative estimate of drug-likeness (QED) is 0.859. The monoisotopic (exact) mass is 355 g/mol. The molecule has 8 heteroatoms. The van der Waals surface area contributed by atoms with Gasteiger partial charge < -0.3 is 10.2 Å². The van der Waals surface area contributed by atoms with E-state index in [1.165, 1.54) is 12.1 Å². The summed E-state index contributed by atoms with van der Waals surface area (Å²) in [6, 6.07) is 4.81. The molecule has 0 spiro atoms. The summed E-state index contributed by atoms with van der Waals surface area (Å²) in [4.78, 5) is 14.4. The van der Waals surface area contributed by atoms with Crippen molar-refractivity contribution in [3.8, 4) is 0 Å². The van der Waals surface area contributed by atoms with Crippen molar-refractivity contribution in [2.45, 2.75) is 43.8 Å². The first-order valence-electron chi connectivity index (χ1n) is 8.03. The van der Waals surface area contributed by atoms with Crippen LogP contribution in [0.4, 0.5) is 10.1 Å². The fourth-order valence-electron chi connectivity index (χ4n) is 3.65. The molecule has 1 aromatic carbocycles. The van der Waals surface area contributed by atoms with E-state index in [2.05, 4.69) is 10.0 Å². The van der Waals surface area contributed by atoms with Crippen LogP contribution in [0.25, 0.3) is 0 Å². The zero-order chi connectivity index (χ0) is 17.5. The van der Waals surface area contributed by atoms with Gasteiger partial charge in [0.1, 0.15) is 5.82 Å². The van der Waals surface area contributed by atoms with Crippen LogP contribution in [0, 0.1) is 5.82 Å². The average Bonchev–Trinajstić information content (AvgIpc) is 2.85. The summed E-state index contributed by atoms with van der Waals surface area (Å²) in [6.07, 6.45) is 5.05. The number of hydrogen-bond acceptors (Lipinski definition) is 4. The minimum absolute atomic E-state index is 0.146. The summed E-state index contributed by atoms with van der Waals surface area (Å²) in [6.45, 7) is 0. The Kier molecular flexibility index (Phi) is 4.52. The number of nitrogens with zero attached hydrogens (tertiary/aromatic N) is 1. The van der Waals surface area contributed by atoms with Crippen molar-refractivity contribution in [3.63, 3.8) is 0 Å². The molecule has 0 aromatic heterocycles. The second-order valence-electron chi connectivity index (χ2n) is 6.75. The molecule has 3 rings (SSSR count). The summed E-state index contributed by atoms with van der Waals surface area (Å²) in [7, 11) is -1.86. The zero-order valence-corrected chi connectivity index (χ0v) is 14.6. The van der Waals surface area contributed by atoms with Crippen LogP contribution >= 0.6 is 0 Å². The van der Waals surface area contributed by atoms with E-state index >= 15 is 0 Å². The van der Waals surface area contributed by atoms with Crippen molar-refractivity contribution in [2.24, 2.45) is 0 Å². The number of amides is 1. The van der Waals surface area contributed by atoms with Crippen molar-refractivity contribution in [2.75, 3.05) is 18.0 Å². The van der Waals surface area contributed by atoms with E-state index in [1.807, 2.05) is 0 Å². The van der Waals surface area contributed by atoms with Crippen molar-refractivity contribution in [1.82, 2.24) is 10.2 Å². The van der Waals surface area contributed by atoms with Gasteiger partial charge >= 0.3 is 0 Å². The lowest BCUT2D eigenvalue weighted by molar-refractivity contribution is 0.0681. The second-order valence-corrected chi connectivity index (χ2v) is 8.50. The van der Waals surface area contributed by atoms with E-state index < -0.39 is 15.8 Å². The number of anilines is 1. The average molecular weight is 355 g/mol. The zero-order valence-electron chi connectivity index (χ0n) is 13.8. The number of halogens is 1. The Balaban J connectivity index is 1.78. The Morgan fingerprint density at radius 1 is 1.29 bits per heavy atom. The van der Waals surface area contributed by atoms with Crippen molar-refractivity contribution in [1.29, 1.82) is 0 Å². The Morgan fingerprint density at radius 2 is 1.92 bits per heavy atom. The lowest BCUT2D eigenvalue weighted by Crippen LogP contribution is -2.48. The summed E-state index contributed by atoms with van der Waals surface area (Å²) in [5.41, 5.74) is 0.0676. The van der Waals surface area contributed by atoms with Crippen LogP contribution in [0.3, 0.4) is 0 Å². The van der Waals surface area contributed by atoms with Crippen LogP contribution in [-0.4, -0.2) is 50.7 Å². The Labute approximate surface area is 141 Å². The number of fused-ring (bicyclic) bond motifs is 2. The van der Waals surface area contributed by atoms with E-state index in [-0.39, 0.29) is 23.2 Å². The van der Waals surface area contributed by atoms with Crippen LogP contribution < -0.4 is 10.0 Å². The molecule has 1 amide bonds. The number of piperidine rings is 1. The molecule has 2 atom stereocenters. The minimum Gasteiger partial charge on any atom is -0.339 e. The third-order valence-corrected chi connectivity index (χ3v) is 5.42. The molecule has 0 aliphatic carbocycles. The van der Waals surface area contributed by atoms with E-state index in [0.29, 0.717) is 12.1 Å². The van der Waals surface area contributed by atoms with E-state index in [9.17, 15) is 17.6 Å². The lowest BCUT2D eigenvalue weighted by Gasteiger charge is -2.35. The fourth-order valence-corrected chi connectivity index (χ4v) is 4.21. The first-order chi connectivity index (χ1) is 11.2. The predicted molar refractivity (Wildman–Crippen MR) is 89.9 cm³/mol. The summed E-state index contributed by atoms with van der Waals surface area (Å²) < 4.78 is 38.5. The standard InChI is InChI=1S/C16H22FN3O3S/c1-20(13-8-11-4-5-12(9-13)18-11)16(21)10-3-6-14(17)15(7-10)19-24(2,22)23/h3,6-7,11-13,18-19H,4-5,8-9H2,1-2H3. The minimum atomic E-state index is -3.61. The molecule has 2 fully saturated rings. The number of nitrogens with one attached hydrogen (secondary N) is 2. The number of carbonyl (C=O) groups is 1. The number of sulfonamides is 1. The Bertz CT molecular complexity index is 741. The number of hydrogen-bond donors (Lipinski definition) is 2. The van der Waals surface area contributed by atoms with E-state index in [1.54, 1.807) is 11.9 Å². The van der Waals surface area contributed by atoms with Crippen LogP contribution in [0.1, 0.15) is 36.0 Å². The van der Waals surface area contributed by atoms with Crippen molar-refractivity contribution in [3.05, 3.63) is 29.6 Å². The molecule has 6 nitrogen and oxygen atoms in total. The van der Waals surface area contributed by atoms with Crippen molar-refractivity contribution >= 4 is 21.6 Å². The molecule has 1 aromatic rings. The topological polar surface area (TPSA) is 78.5 Å². The maximum Gasteiger partial charge on any atom is 0.253 e. The molecule has 0 saturated carbocycles. The molecule has 24 heavy (non-hydrogen) atoms. The van der Waals surface area contributed by atoms with Gasteiger partial charge in [-0.2, -0.15) is 0 Å². The largest absolute Gasteiger partial charge is 0.339 e. The van der Waals surface area contributed by atoms with Crippen LogP contribution in [0.5, 0.6) is 0 Å². The van der Waals surface area contributed by atoms with Gasteiger partial charge in [-0.05, 0) is 43.9 Å². The predicted octanol–water partition coefficient (Wildman–Crippen LogP) is 1.55. The van der Waals surface area contributed by atoms with Gasteiger partial charge in [0, 0.05) is 30.7 Å². The highest BCUT2D eigenvalue weighted by Gasteiger charge is 2.36. The molecule has 2 aliphatic heterocycles. The molecular weight excluding hydrogens is 333 g/mol. The maximum absolute atomic E-state index is 13.8. The number of benzene rings is 1. The first-order valence-corrected chi connectivity index (χ1v) is 9.92. The van der Waals surface area contributed by atoms with Crippen LogP contribution in [-0.2, 0) is 10.0 Å². The van der Waals surface area contributed by atoms with Gasteiger partial charge in [-0.3, -0.25) is 9.52 Å². The fraction of sp³-hybridized carbons (Fsp3) is 0.562. The number of rotatable bonds is 4. The molecule has 2 N–H and O–H groups in total. The highest BCUT2D eigenvalue weighted by atomic mass is 32.2. The molecule has 132 valence electrons. The molecule has 2 heterocycles. The van der Waals surface area contributed by atoms with Crippen molar-refractivity contribution < 1.29 is 17.6 Å². The molecule has 2 unspecified atom stereocenters. The van der Waals surface area contributed by atoms with Gasteiger partial charge in [0.2, 0.25) is 10.0 Å². The van der Waals surface area contributed by atoms with E-state index in [4.69, 9.17) is 0 Å². The summed E-state index contributed by atoms with van der Waals surface area (Å²) >= 11 is 0. The molecular formula is C16H22FN3O3S. The number of carbonyl (C=O) groups excluding carboxylic acids is 1. The first kappa shape index (κ1) is 17.2. The van der Waals surface area contributed by atoms with Gasteiger partial charge in [-0.1, -0.05) is 0 Å². The highest BCUT2D eigenvalue weighted by Crippen LogP contribution is 2.30. The van der Waals surface area contributed by atoms with Crippen LogP contribution in [0.15, 0.2) is 18.2 Å².